The Labute approximate surface area is 104 Å². The molecule has 0 saturated heterocycles. The molecular formula is C13H26N2O2. The summed E-state index contributed by atoms with van der Waals surface area (Å²) in [7, 11) is 1.81. The van der Waals surface area contributed by atoms with Gasteiger partial charge >= 0.3 is 0 Å². The first-order valence-electron chi connectivity index (χ1n) is 6.68. The molecule has 0 unspecified atom stereocenters. The zero-order valence-corrected chi connectivity index (χ0v) is 11.0. The van der Waals surface area contributed by atoms with Gasteiger partial charge in [0.05, 0.1) is 0 Å². The molecule has 1 aliphatic rings. The Morgan fingerprint density at radius 1 is 1.35 bits per heavy atom. The molecule has 1 rings (SSSR count). The van der Waals surface area contributed by atoms with Crippen molar-refractivity contribution in [1.82, 2.24) is 4.90 Å². The molecule has 0 radical (unpaired) electrons. The highest BCUT2D eigenvalue weighted by Gasteiger charge is 2.33. The van der Waals surface area contributed by atoms with E-state index >= 15 is 0 Å². The molecular weight excluding hydrogens is 216 g/mol. The minimum Gasteiger partial charge on any atom is -0.396 e. The van der Waals surface area contributed by atoms with E-state index in [0.717, 1.165) is 12.8 Å². The molecule has 4 heteroatoms. The van der Waals surface area contributed by atoms with Crippen LogP contribution in [0.5, 0.6) is 0 Å². The first-order chi connectivity index (χ1) is 8.13. The van der Waals surface area contributed by atoms with Gasteiger partial charge in [-0.2, -0.15) is 0 Å². The second-order valence-corrected chi connectivity index (χ2v) is 5.33. The van der Waals surface area contributed by atoms with Crippen molar-refractivity contribution in [2.24, 2.45) is 11.1 Å². The molecule has 0 aromatic rings. The Morgan fingerprint density at radius 2 is 2.00 bits per heavy atom. The minimum absolute atomic E-state index is 0.0445. The average molecular weight is 242 g/mol. The summed E-state index contributed by atoms with van der Waals surface area (Å²) in [5, 5.41) is 8.76. The summed E-state index contributed by atoms with van der Waals surface area (Å²) in [6.45, 7) is 1.39. The summed E-state index contributed by atoms with van der Waals surface area (Å²) in [6.07, 6.45) is 7.07. The van der Waals surface area contributed by atoms with E-state index in [2.05, 4.69) is 0 Å². The fourth-order valence-corrected chi connectivity index (χ4v) is 2.64. The van der Waals surface area contributed by atoms with Crippen LogP contribution in [0.4, 0.5) is 0 Å². The maximum Gasteiger partial charge on any atom is 0.222 e. The lowest BCUT2D eigenvalue weighted by atomic mass is 9.71. The fraction of sp³-hybridized carbons (Fsp3) is 0.923. The predicted molar refractivity (Wildman–Crippen MR) is 68.5 cm³/mol. The molecule has 0 heterocycles. The van der Waals surface area contributed by atoms with Crippen LogP contribution in [-0.2, 0) is 4.79 Å². The van der Waals surface area contributed by atoms with Gasteiger partial charge in [0.1, 0.15) is 0 Å². The van der Waals surface area contributed by atoms with Gasteiger partial charge in [0, 0.05) is 26.6 Å². The number of nitrogens with zero attached hydrogens (tertiary/aromatic N) is 1. The van der Waals surface area contributed by atoms with Crippen molar-refractivity contribution >= 4 is 5.91 Å². The van der Waals surface area contributed by atoms with E-state index in [4.69, 9.17) is 10.8 Å². The van der Waals surface area contributed by atoms with E-state index in [1.54, 1.807) is 4.90 Å². The van der Waals surface area contributed by atoms with Crippen LogP contribution in [0.1, 0.15) is 44.9 Å². The van der Waals surface area contributed by atoms with E-state index in [0.29, 0.717) is 25.9 Å². The standard InChI is InChI=1S/C13H26N2O2/c1-15(8-5-9-16)12(17)10-13(11-14)6-3-2-4-7-13/h16H,2-11,14H2,1H3. The molecule has 0 atom stereocenters. The number of hydrogen-bond donors (Lipinski definition) is 2. The van der Waals surface area contributed by atoms with E-state index in [1.807, 2.05) is 7.05 Å². The van der Waals surface area contributed by atoms with Crippen molar-refractivity contribution in [1.29, 1.82) is 0 Å². The van der Waals surface area contributed by atoms with Crippen LogP contribution in [0.15, 0.2) is 0 Å². The molecule has 0 aromatic carbocycles. The van der Waals surface area contributed by atoms with Crippen LogP contribution in [0.25, 0.3) is 0 Å². The van der Waals surface area contributed by atoms with Crippen LogP contribution >= 0.6 is 0 Å². The summed E-state index contributed by atoms with van der Waals surface area (Å²) in [6, 6.07) is 0. The summed E-state index contributed by atoms with van der Waals surface area (Å²) < 4.78 is 0. The van der Waals surface area contributed by atoms with Crippen molar-refractivity contribution in [3.8, 4) is 0 Å². The SMILES string of the molecule is CN(CCCO)C(=O)CC1(CN)CCCCC1. The molecule has 4 nitrogen and oxygen atoms in total. The van der Waals surface area contributed by atoms with Gasteiger partial charge < -0.3 is 15.7 Å². The van der Waals surface area contributed by atoms with Gasteiger partial charge in [-0.15, -0.1) is 0 Å². The first-order valence-corrected chi connectivity index (χ1v) is 6.68. The molecule has 0 aliphatic heterocycles. The largest absolute Gasteiger partial charge is 0.396 e. The second kappa shape index (κ2) is 6.97. The highest BCUT2D eigenvalue weighted by molar-refractivity contribution is 5.76. The highest BCUT2D eigenvalue weighted by Crippen LogP contribution is 2.38. The number of nitrogens with two attached hydrogens (primary N) is 1. The quantitative estimate of drug-likeness (QED) is 0.733. The Balaban J connectivity index is 2.46. The van der Waals surface area contributed by atoms with Gasteiger partial charge in [0.25, 0.3) is 0 Å². The lowest BCUT2D eigenvalue weighted by molar-refractivity contribution is -0.133. The molecule has 3 N–H and O–H groups in total. The number of aliphatic hydroxyl groups excluding tert-OH is 1. The number of aliphatic hydroxyl groups is 1. The zero-order valence-electron chi connectivity index (χ0n) is 11.0. The highest BCUT2D eigenvalue weighted by atomic mass is 16.3. The van der Waals surface area contributed by atoms with Gasteiger partial charge in [-0.3, -0.25) is 4.79 Å². The molecule has 0 aromatic heterocycles. The van der Waals surface area contributed by atoms with E-state index in [9.17, 15) is 4.79 Å². The molecule has 1 fully saturated rings. The maximum absolute atomic E-state index is 12.1. The fourth-order valence-electron chi connectivity index (χ4n) is 2.64. The summed E-state index contributed by atoms with van der Waals surface area (Å²) in [5.41, 5.74) is 5.92. The molecule has 17 heavy (non-hydrogen) atoms. The van der Waals surface area contributed by atoms with E-state index < -0.39 is 0 Å². The molecule has 1 amide bonds. The third kappa shape index (κ3) is 4.28. The zero-order chi connectivity index (χ0) is 12.7. The lowest BCUT2D eigenvalue weighted by Gasteiger charge is -2.36. The molecule has 1 aliphatic carbocycles. The van der Waals surface area contributed by atoms with Crippen molar-refractivity contribution in [3.05, 3.63) is 0 Å². The topological polar surface area (TPSA) is 66.6 Å². The van der Waals surface area contributed by atoms with Crippen LogP contribution in [0, 0.1) is 5.41 Å². The van der Waals surface area contributed by atoms with Gasteiger partial charge in [-0.05, 0) is 31.2 Å². The smallest absolute Gasteiger partial charge is 0.222 e. The number of amides is 1. The molecule has 100 valence electrons. The Morgan fingerprint density at radius 3 is 2.53 bits per heavy atom. The van der Waals surface area contributed by atoms with Crippen LogP contribution < -0.4 is 5.73 Å². The maximum atomic E-state index is 12.1. The predicted octanol–water partition coefficient (Wildman–Crippen LogP) is 1.13. The number of hydrogen-bond acceptors (Lipinski definition) is 3. The van der Waals surface area contributed by atoms with E-state index in [-0.39, 0.29) is 17.9 Å². The third-order valence-electron chi connectivity index (χ3n) is 3.95. The molecule has 1 saturated carbocycles. The number of carbonyl (C=O) groups is 1. The Hall–Kier alpha value is -0.610. The Bertz CT molecular complexity index is 238. The summed E-state index contributed by atoms with van der Waals surface area (Å²) in [5.74, 6) is 0.172. The second-order valence-electron chi connectivity index (χ2n) is 5.33. The summed E-state index contributed by atoms with van der Waals surface area (Å²) in [4.78, 5) is 13.8. The van der Waals surface area contributed by atoms with Crippen molar-refractivity contribution in [2.75, 3.05) is 26.7 Å². The average Bonchev–Trinajstić information content (AvgIpc) is 2.36. The monoisotopic (exact) mass is 242 g/mol. The molecule has 0 spiro atoms. The lowest BCUT2D eigenvalue weighted by Crippen LogP contribution is -2.39. The van der Waals surface area contributed by atoms with Gasteiger partial charge in [0.2, 0.25) is 5.91 Å². The first kappa shape index (κ1) is 14.5. The van der Waals surface area contributed by atoms with Crippen molar-refractivity contribution in [3.63, 3.8) is 0 Å². The third-order valence-corrected chi connectivity index (χ3v) is 3.95. The van der Waals surface area contributed by atoms with Crippen molar-refractivity contribution < 1.29 is 9.90 Å². The van der Waals surface area contributed by atoms with Crippen LogP contribution in [-0.4, -0.2) is 42.7 Å². The minimum atomic E-state index is 0.0445. The Kier molecular flexibility index (Phi) is 5.92. The van der Waals surface area contributed by atoms with Crippen LogP contribution in [0.3, 0.4) is 0 Å². The van der Waals surface area contributed by atoms with Gasteiger partial charge in [0.15, 0.2) is 0 Å². The van der Waals surface area contributed by atoms with E-state index in [1.165, 1.54) is 19.3 Å². The van der Waals surface area contributed by atoms with Crippen molar-refractivity contribution in [2.45, 2.75) is 44.9 Å². The number of rotatable bonds is 6. The van der Waals surface area contributed by atoms with Crippen LogP contribution in [0.2, 0.25) is 0 Å². The molecule has 0 bridgehead atoms. The van der Waals surface area contributed by atoms with Gasteiger partial charge in [-0.1, -0.05) is 19.3 Å². The normalized spacial score (nSPS) is 19.0. The number of carbonyl (C=O) groups excluding carboxylic acids is 1. The summed E-state index contributed by atoms with van der Waals surface area (Å²) >= 11 is 0. The van der Waals surface area contributed by atoms with Gasteiger partial charge in [-0.25, -0.2) is 0 Å².